The molecule has 4 rings (SSSR count). The average Bonchev–Trinajstić information content (AvgIpc) is 3.10. The Morgan fingerprint density at radius 1 is 0.585 bits per heavy atom. The molecule has 0 radical (unpaired) electrons. The molecule has 0 unspecified atom stereocenters. The van der Waals surface area contributed by atoms with Gasteiger partial charge in [-0.25, -0.2) is 8.42 Å². The van der Waals surface area contributed by atoms with Crippen molar-refractivity contribution in [3.8, 4) is 34.5 Å². The van der Waals surface area contributed by atoms with E-state index in [1.54, 1.807) is 30.3 Å². The average molecular weight is 795 g/mol. The van der Waals surface area contributed by atoms with Crippen LogP contribution in [0.4, 0.5) is 0 Å². The van der Waals surface area contributed by atoms with Gasteiger partial charge < -0.3 is 24.2 Å². The van der Waals surface area contributed by atoms with Crippen molar-refractivity contribution in [3.05, 3.63) is 96.1 Å². The quantitative estimate of drug-likeness (QED) is 0.0499. The standard InChI is InChI=1S/2C20H26O5S.Ca/c2*1-2-3-4-5-6-7-10-16-15-17(13-14-18(16)21)25-19-11-8-9-12-20(19)26(22,23)24;/h2*8-9,11-15,21H,2-7,10H2,1H3,(H,22,23,24);/q;;+2/p-2. The molecule has 0 bridgehead atoms. The van der Waals surface area contributed by atoms with Gasteiger partial charge in [0.1, 0.15) is 43.8 Å². The Morgan fingerprint density at radius 2 is 1.02 bits per heavy atom. The van der Waals surface area contributed by atoms with Crippen molar-refractivity contribution in [2.75, 3.05) is 0 Å². The fraction of sp³-hybridized carbons (Fsp3) is 0.400. The molecule has 0 spiro atoms. The van der Waals surface area contributed by atoms with E-state index in [2.05, 4.69) is 13.8 Å². The Balaban J connectivity index is 0.000000360. The predicted molar refractivity (Wildman–Crippen MR) is 205 cm³/mol. The van der Waals surface area contributed by atoms with Crippen LogP contribution in [0.5, 0.6) is 34.5 Å². The van der Waals surface area contributed by atoms with Crippen LogP contribution in [0.1, 0.15) is 102 Å². The summed E-state index contributed by atoms with van der Waals surface area (Å²) in [7, 11) is -9.01. The minimum Gasteiger partial charge on any atom is -0.872 e. The summed E-state index contributed by atoms with van der Waals surface area (Å²) in [6, 6.07) is 20.9. The number of rotatable bonds is 20. The monoisotopic (exact) mass is 794 g/mol. The number of phenols is 1. The maximum atomic E-state index is 12.0. The van der Waals surface area contributed by atoms with E-state index in [1.807, 2.05) is 0 Å². The smallest absolute Gasteiger partial charge is 0.872 e. The number of benzene rings is 4. The molecule has 2 N–H and O–H groups in total. The molecule has 284 valence electrons. The van der Waals surface area contributed by atoms with Gasteiger partial charge in [-0.3, -0.25) is 4.55 Å². The van der Waals surface area contributed by atoms with Gasteiger partial charge in [0.2, 0.25) is 0 Å². The summed E-state index contributed by atoms with van der Waals surface area (Å²) in [6.45, 7) is 4.36. The van der Waals surface area contributed by atoms with E-state index in [0.29, 0.717) is 23.5 Å². The van der Waals surface area contributed by atoms with Gasteiger partial charge in [0, 0.05) is 0 Å². The topological polar surface area (TPSA) is 173 Å². The van der Waals surface area contributed by atoms with Gasteiger partial charge in [0.25, 0.3) is 10.1 Å². The van der Waals surface area contributed by atoms with Crippen molar-refractivity contribution in [2.45, 2.75) is 114 Å². The zero-order chi connectivity index (χ0) is 38.0. The molecule has 4 aromatic carbocycles. The molecule has 0 saturated carbocycles. The number of hydrogen-bond donors (Lipinski definition) is 2. The third-order valence-corrected chi connectivity index (χ3v) is 10.2. The largest absolute Gasteiger partial charge is 2.00 e. The van der Waals surface area contributed by atoms with Crippen LogP contribution in [0.2, 0.25) is 0 Å². The number of phenolic OH excluding ortho intramolecular Hbond substituents is 1. The van der Waals surface area contributed by atoms with Crippen LogP contribution in [-0.4, -0.2) is 68.8 Å². The molecule has 0 fully saturated rings. The fourth-order valence-electron chi connectivity index (χ4n) is 5.57. The molecular formula is C40H50CaO10S2. The molecule has 0 aliphatic rings. The van der Waals surface area contributed by atoms with Crippen LogP contribution in [0.15, 0.2) is 94.7 Å². The van der Waals surface area contributed by atoms with Crippen LogP contribution in [0.25, 0.3) is 0 Å². The van der Waals surface area contributed by atoms with Crippen LogP contribution >= 0.6 is 0 Å². The Hall–Kier alpha value is -2.84. The molecule has 0 saturated heterocycles. The Kier molecular flexibility index (Phi) is 20.8. The maximum absolute atomic E-state index is 12.0. The number of ether oxygens (including phenoxy) is 2. The third-order valence-electron chi connectivity index (χ3n) is 8.38. The van der Waals surface area contributed by atoms with E-state index in [-0.39, 0.29) is 65.6 Å². The second kappa shape index (κ2) is 23.8. The van der Waals surface area contributed by atoms with Crippen LogP contribution in [0.3, 0.4) is 0 Å². The van der Waals surface area contributed by atoms with Crippen LogP contribution in [-0.2, 0) is 33.1 Å². The second-order valence-electron chi connectivity index (χ2n) is 12.6. The SMILES string of the molecule is CCCCCCCCc1cc(Oc2ccccc2S(=O)(=O)O)ccc1O.CCCCCCCCc1cc(Oc2ccccc2S(=O)(=O)[O-])ccc1[O-].[Ca+2]. The van der Waals surface area contributed by atoms with Gasteiger partial charge in [-0.05, 0) is 85.8 Å². The van der Waals surface area contributed by atoms with E-state index in [0.717, 1.165) is 44.1 Å². The van der Waals surface area contributed by atoms with E-state index in [1.165, 1.54) is 99.5 Å². The maximum Gasteiger partial charge on any atom is 2.00 e. The van der Waals surface area contributed by atoms with Crippen LogP contribution in [0, 0.1) is 0 Å². The fourth-order valence-corrected chi connectivity index (χ4v) is 6.79. The summed E-state index contributed by atoms with van der Waals surface area (Å²) in [5.41, 5.74) is 1.41. The first-order valence-electron chi connectivity index (χ1n) is 17.9. The van der Waals surface area contributed by atoms with E-state index in [9.17, 15) is 36.2 Å². The predicted octanol–water partition coefficient (Wildman–Crippen LogP) is 9.31. The van der Waals surface area contributed by atoms with Gasteiger partial charge in [0.15, 0.2) is 0 Å². The van der Waals surface area contributed by atoms with Gasteiger partial charge in [-0.1, -0.05) is 114 Å². The van der Waals surface area contributed by atoms with Crippen molar-refractivity contribution < 1.29 is 45.6 Å². The number of hydrogen-bond acceptors (Lipinski definition) is 9. The summed E-state index contributed by atoms with van der Waals surface area (Å²) in [6.07, 6.45) is 15.2. The molecule has 0 atom stereocenters. The van der Waals surface area contributed by atoms with Crippen molar-refractivity contribution in [3.63, 3.8) is 0 Å². The molecular weight excluding hydrogens is 745 g/mol. The third kappa shape index (κ3) is 16.6. The molecule has 10 nitrogen and oxygen atoms in total. The van der Waals surface area contributed by atoms with Crippen molar-refractivity contribution >= 4 is 58.0 Å². The van der Waals surface area contributed by atoms with Gasteiger partial charge in [0.05, 0.1) is 4.90 Å². The summed E-state index contributed by atoms with van der Waals surface area (Å²) in [5.74, 6) is 0.920. The number of para-hydroxylation sites is 2. The minimum atomic E-state index is -4.63. The normalized spacial score (nSPS) is 11.2. The van der Waals surface area contributed by atoms with Crippen molar-refractivity contribution in [1.29, 1.82) is 0 Å². The number of unbranched alkanes of at least 4 members (excludes halogenated alkanes) is 10. The van der Waals surface area contributed by atoms with Gasteiger partial charge in [-0.2, -0.15) is 8.42 Å². The molecule has 0 amide bonds. The molecule has 0 aliphatic carbocycles. The molecule has 0 aromatic heterocycles. The first-order chi connectivity index (χ1) is 24.8. The van der Waals surface area contributed by atoms with Crippen molar-refractivity contribution in [2.24, 2.45) is 0 Å². The molecule has 4 aromatic rings. The summed E-state index contributed by atoms with van der Waals surface area (Å²) < 4.78 is 77.4. The van der Waals surface area contributed by atoms with Gasteiger partial charge >= 0.3 is 37.7 Å². The Labute approximate surface area is 345 Å². The minimum absolute atomic E-state index is 0. The van der Waals surface area contributed by atoms with Crippen LogP contribution < -0.4 is 14.6 Å². The molecule has 0 aliphatic heterocycles. The Bertz CT molecular complexity index is 1780. The van der Waals surface area contributed by atoms with E-state index in [4.69, 9.17) is 9.47 Å². The molecule has 13 heteroatoms. The molecule has 53 heavy (non-hydrogen) atoms. The van der Waals surface area contributed by atoms with E-state index >= 15 is 0 Å². The number of aryl methyl sites for hydroxylation is 2. The summed E-state index contributed by atoms with van der Waals surface area (Å²) in [4.78, 5) is -0.700. The van der Waals surface area contributed by atoms with E-state index < -0.39 is 25.1 Å². The number of aromatic hydroxyl groups is 1. The zero-order valence-electron chi connectivity index (χ0n) is 30.7. The summed E-state index contributed by atoms with van der Waals surface area (Å²) in [5, 5.41) is 22.0. The zero-order valence-corrected chi connectivity index (χ0v) is 34.5. The second-order valence-corrected chi connectivity index (χ2v) is 15.4. The summed E-state index contributed by atoms with van der Waals surface area (Å²) >= 11 is 0. The van der Waals surface area contributed by atoms with Gasteiger partial charge in [-0.15, -0.1) is 5.75 Å². The molecule has 0 heterocycles. The first-order valence-corrected chi connectivity index (χ1v) is 20.8. The van der Waals surface area contributed by atoms with Crippen molar-refractivity contribution in [1.82, 2.24) is 0 Å². The first kappa shape index (κ1) is 46.3. The Morgan fingerprint density at radius 3 is 1.55 bits per heavy atom.